The highest BCUT2D eigenvalue weighted by atomic mass is 16.5. The van der Waals surface area contributed by atoms with Crippen molar-refractivity contribution < 1.29 is 29.2 Å². The van der Waals surface area contributed by atoms with Crippen molar-refractivity contribution in [3.8, 4) is 40.6 Å². The first kappa shape index (κ1) is 30.6. The van der Waals surface area contributed by atoms with Crippen LogP contribution in [-0.4, -0.2) is 74.6 Å². The van der Waals surface area contributed by atoms with Gasteiger partial charge in [0.1, 0.15) is 17.5 Å². The fourth-order valence-corrected chi connectivity index (χ4v) is 7.43. The number of nitriles is 1. The highest BCUT2D eigenvalue weighted by Crippen LogP contribution is 2.57. The molecule has 0 amide bonds. The summed E-state index contributed by atoms with van der Waals surface area (Å²) in [5.41, 5.74) is 4.65. The van der Waals surface area contributed by atoms with Crippen molar-refractivity contribution in [3.05, 3.63) is 33.4 Å². The zero-order valence-corrected chi connectivity index (χ0v) is 25.9. The van der Waals surface area contributed by atoms with Gasteiger partial charge < -0.3 is 34.1 Å². The third-order valence-electron chi connectivity index (χ3n) is 9.01. The molecule has 2 N–H and O–H groups in total. The van der Waals surface area contributed by atoms with Crippen LogP contribution in [-0.2, 0) is 12.8 Å². The number of ether oxygens (including phenoxy) is 4. The molecule has 4 rings (SSSR count). The molecule has 9 nitrogen and oxygen atoms in total. The minimum atomic E-state index is -0.540. The van der Waals surface area contributed by atoms with Gasteiger partial charge in [0.05, 0.1) is 40.6 Å². The molecule has 0 bridgehead atoms. The summed E-state index contributed by atoms with van der Waals surface area (Å²) in [6, 6.07) is 1.25. The maximum absolute atomic E-state index is 11.7. The van der Waals surface area contributed by atoms with E-state index < -0.39 is 6.04 Å². The van der Waals surface area contributed by atoms with E-state index in [1.54, 1.807) is 28.4 Å². The maximum atomic E-state index is 11.7. The Morgan fingerprint density at radius 1 is 0.829 bits per heavy atom. The zero-order chi connectivity index (χ0) is 30.2. The van der Waals surface area contributed by atoms with Crippen molar-refractivity contribution in [1.82, 2.24) is 9.80 Å². The molecule has 2 aromatic rings. The fourth-order valence-electron chi connectivity index (χ4n) is 7.43. The van der Waals surface area contributed by atoms with Crippen molar-refractivity contribution in [2.45, 2.75) is 83.5 Å². The van der Waals surface area contributed by atoms with E-state index in [1.807, 2.05) is 27.9 Å². The van der Waals surface area contributed by atoms with Gasteiger partial charge in [-0.1, -0.05) is 26.2 Å². The molecule has 2 unspecified atom stereocenters. The van der Waals surface area contributed by atoms with Gasteiger partial charge in [0, 0.05) is 51.9 Å². The van der Waals surface area contributed by atoms with Crippen molar-refractivity contribution >= 4 is 0 Å². The molecule has 0 fully saturated rings. The molecule has 0 radical (unpaired) electrons. The molecular weight excluding hydrogens is 522 g/mol. The van der Waals surface area contributed by atoms with E-state index in [0.717, 1.165) is 47.9 Å². The summed E-state index contributed by atoms with van der Waals surface area (Å²) in [5.74, 6) is 2.27. The number of aromatic hydroxyl groups is 2. The summed E-state index contributed by atoms with van der Waals surface area (Å²) in [4.78, 5) is 4.37. The molecule has 2 aliphatic heterocycles. The number of benzene rings is 2. The number of phenolic OH excluding ortho intramolecular Hbond substituents is 2. The van der Waals surface area contributed by atoms with Crippen LogP contribution in [0.1, 0.15) is 78.1 Å². The predicted octanol–water partition coefficient (Wildman–Crippen LogP) is 5.35. The van der Waals surface area contributed by atoms with Crippen LogP contribution in [0, 0.1) is 25.2 Å². The van der Waals surface area contributed by atoms with E-state index >= 15 is 0 Å². The van der Waals surface area contributed by atoms with Crippen LogP contribution in [0.4, 0.5) is 0 Å². The Hall–Kier alpha value is -3.35. The molecule has 0 aromatic heterocycles. The largest absolute Gasteiger partial charge is 0.504 e. The summed E-state index contributed by atoms with van der Waals surface area (Å²) in [6.45, 7) is 5.92. The SMILES string of the molecule is CCCCCC1c2c(O)c(OC)c(C)c(OC)c2CC2[C@H](N(C)C)c3c(O)c(OC)c(C)c(OC)c3C[C@H](C#N)N12. The molecule has 224 valence electrons. The van der Waals surface area contributed by atoms with E-state index in [0.29, 0.717) is 47.0 Å². The van der Waals surface area contributed by atoms with Gasteiger partial charge >= 0.3 is 0 Å². The topological polar surface area (TPSA) is 108 Å². The second-order valence-corrected chi connectivity index (χ2v) is 11.4. The number of fused-ring (bicyclic) bond motifs is 3. The van der Waals surface area contributed by atoms with Crippen LogP contribution in [0.3, 0.4) is 0 Å². The van der Waals surface area contributed by atoms with E-state index in [2.05, 4.69) is 22.8 Å². The third kappa shape index (κ3) is 4.81. The van der Waals surface area contributed by atoms with E-state index in [-0.39, 0.29) is 29.6 Å². The summed E-state index contributed by atoms with van der Waals surface area (Å²) in [5, 5.41) is 34.1. The Kier molecular flexibility index (Phi) is 9.15. The van der Waals surface area contributed by atoms with Crippen LogP contribution in [0.2, 0.25) is 0 Å². The normalized spacial score (nSPS) is 21.8. The summed E-state index contributed by atoms with van der Waals surface area (Å²) < 4.78 is 23.3. The summed E-state index contributed by atoms with van der Waals surface area (Å²) in [7, 11) is 10.3. The Labute approximate surface area is 244 Å². The Morgan fingerprint density at radius 2 is 1.34 bits per heavy atom. The van der Waals surface area contributed by atoms with Gasteiger partial charge in [-0.2, -0.15) is 5.26 Å². The van der Waals surface area contributed by atoms with Crippen molar-refractivity contribution in [2.75, 3.05) is 42.5 Å². The standard InChI is InChI=1S/C32H45N3O6/c1-10-11-12-13-22-24-21(30(39-7)18(3)31(40-8)27(24)36)15-23-26(34(4)5)25-20(14-19(16-33)35(22)23)29(38-6)17(2)32(41-9)28(25)37/h19,22-23,26,36-37H,10-15H2,1-9H3/t19-,22?,23?,26+/m1/s1. The molecule has 41 heavy (non-hydrogen) atoms. The minimum absolute atomic E-state index is 0.0760. The molecule has 9 heteroatoms. The van der Waals surface area contributed by atoms with Crippen molar-refractivity contribution in [2.24, 2.45) is 0 Å². The van der Waals surface area contributed by atoms with E-state index in [9.17, 15) is 15.5 Å². The first-order chi connectivity index (χ1) is 19.6. The van der Waals surface area contributed by atoms with Crippen LogP contribution in [0.15, 0.2) is 0 Å². The lowest BCUT2D eigenvalue weighted by molar-refractivity contribution is 0.0342. The highest BCUT2D eigenvalue weighted by molar-refractivity contribution is 5.67. The minimum Gasteiger partial charge on any atom is -0.504 e. The average Bonchev–Trinajstić information content (AvgIpc) is 3.08. The van der Waals surface area contributed by atoms with Gasteiger partial charge in [0.15, 0.2) is 23.0 Å². The fraction of sp³-hybridized carbons (Fsp3) is 0.594. The Morgan fingerprint density at radius 3 is 1.80 bits per heavy atom. The smallest absolute Gasteiger partial charge is 0.167 e. The van der Waals surface area contributed by atoms with Crippen LogP contribution < -0.4 is 18.9 Å². The predicted molar refractivity (Wildman–Crippen MR) is 158 cm³/mol. The second-order valence-electron chi connectivity index (χ2n) is 11.4. The summed E-state index contributed by atoms with van der Waals surface area (Å²) in [6.07, 6.45) is 4.62. The Balaban J connectivity index is 2.09. The molecule has 2 aromatic carbocycles. The second kappa shape index (κ2) is 12.3. The quantitative estimate of drug-likeness (QED) is 0.388. The molecular formula is C32H45N3O6. The van der Waals surface area contributed by atoms with Crippen LogP contribution in [0.5, 0.6) is 34.5 Å². The van der Waals surface area contributed by atoms with Crippen LogP contribution in [0.25, 0.3) is 0 Å². The van der Waals surface area contributed by atoms with E-state index in [4.69, 9.17) is 18.9 Å². The number of hydrogen-bond donors (Lipinski definition) is 2. The van der Waals surface area contributed by atoms with Gasteiger partial charge in [-0.05, 0) is 40.8 Å². The number of hydrogen-bond acceptors (Lipinski definition) is 9. The molecule has 4 atom stereocenters. The number of phenols is 2. The van der Waals surface area contributed by atoms with Gasteiger partial charge in [-0.15, -0.1) is 0 Å². The third-order valence-corrected chi connectivity index (χ3v) is 9.01. The van der Waals surface area contributed by atoms with Gasteiger partial charge in [0.2, 0.25) is 0 Å². The van der Waals surface area contributed by atoms with Gasteiger partial charge in [-0.3, -0.25) is 4.90 Å². The number of nitrogens with zero attached hydrogens (tertiary/aromatic N) is 3. The monoisotopic (exact) mass is 567 g/mol. The molecule has 2 heterocycles. The van der Waals surface area contributed by atoms with E-state index in [1.165, 1.54) is 0 Å². The molecule has 0 saturated carbocycles. The molecule has 2 aliphatic rings. The van der Waals surface area contributed by atoms with Crippen LogP contribution >= 0.6 is 0 Å². The molecule has 0 aliphatic carbocycles. The summed E-state index contributed by atoms with van der Waals surface area (Å²) >= 11 is 0. The zero-order valence-electron chi connectivity index (χ0n) is 25.9. The number of unbranched alkanes of at least 4 members (excludes halogenated alkanes) is 2. The average molecular weight is 568 g/mol. The molecule has 0 saturated heterocycles. The lowest BCUT2D eigenvalue weighted by Gasteiger charge is -2.49. The Bertz CT molecular complexity index is 1330. The lowest BCUT2D eigenvalue weighted by atomic mass is 9.79. The first-order valence-corrected chi connectivity index (χ1v) is 14.4. The number of likely N-dealkylation sites (N-methyl/N-ethyl adjacent to an activating group) is 1. The number of rotatable bonds is 9. The first-order valence-electron chi connectivity index (χ1n) is 14.4. The van der Waals surface area contributed by atoms with Gasteiger partial charge in [0.25, 0.3) is 0 Å². The van der Waals surface area contributed by atoms with Crippen molar-refractivity contribution in [1.29, 1.82) is 5.26 Å². The van der Waals surface area contributed by atoms with Crippen molar-refractivity contribution in [3.63, 3.8) is 0 Å². The van der Waals surface area contributed by atoms with Gasteiger partial charge in [-0.25, -0.2) is 0 Å². The molecule has 0 spiro atoms. The lowest BCUT2D eigenvalue weighted by Crippen LogP contribution is -2.53. The maximum Gasteiger partial charge on any atom is 0.167 e. The highest BCUT2D eigenvalue weighted by Gasteiger charge is 2.50. The number of methoxy groups -OCH3 is 4.